The molecule has 0 fully saturated rings. The van der Waals surface area contributed by atoms with Gasteiger partial charge in [-0.15, -0.1) is 0 Å². The van der Waals surface area contributed by atoms with Gasteiger partial charge in [0.2, 0.25) is 0 Å². The second kappa shape index (κ2) is 4.12. The van der Waals surface area contributed by atoms with Crippen LogP contribution in [-0.4, -0.2) is 5.43 Å². The summed E-state index contributed by atoms with van der Waals surface area (Å²) in [6.07, 6.45) is 0. The maximum Gasteiger partial charge on any atom is 0.409 e. The van der Waals surface area contributed by atoms with Crippen LogP contribution < -0.4 is 4.74 Å². The van der Waals surface area contributed by atoms with Gasteiger partial charge in [-0.1, -0.05) is 0 Å². The zero-order chi connectivity index (χ0) is 10.7. The molecule has 1 aromatic rings. The van der Waals surface area contributed by atoms with Crippen LogP contribution in [0.25, 0.3) is 0 Å². The summed E-state index contributed by atoms with van der Waals surface area (Å²) < 4.78 is 4.79. The van der Waals surface area contributed by atoms with Gasteiger partial charge in [0, 0.05) is 11.6 Å². The molecule has 0 aliphatic carbocycles. The van der Waals surface area contributed by atoms with Crippen molar-refractivity contribution in [1.82, 2.24) is 0 Å². The summed E-state index contributed by atoms with van der Waals surface area (Å²) in [6, 6.07) is 5.30. The lowest BCUT2D eigenvalue weighted by Crippen LogP contribution is -2.00. The largest absolute Gasteiger partial charge is 0.414 e. The van der Waals surface area contributed by atoms with E-state index in [1.807, 2.05) is 6.07 Å². The molecule has 14 heavy (non-hydrogen) atoms. The Kier molecular flexibility index (Phi) is 3.10. The summed E-state index contributed by atoms with van der Waals surface area (Å²) >= 11 is 5.10. The number of aryl methyl sites for hydroxylation is 2. The standard InChI is InChI=1S/C10H8ClNO2/c1-6-3-8(5-12)4-7(2)9(6)14-10(11)13/h3-4H,1-2H3. The molecule has 0 unspecified atom stereocenters. The minimum absolute atomic E-state index is 0.420. The Morgan fingerprint density at radius 1 is 1.43 bits per heavy atom. The Morgan fingerprint density at radius 3 is 2.29 bits per heavy atom. The number of hydrogen-bond donors (Lipinski definition) is 0. The second-order valence-corrected chi connectivity index (χ2v) is 3.20. The number of nitrogens with zero attached hydrogens (tertiary/aromatic N) is 1. The topological polar surface area (TPSA) is 50.1 Å². The lowest BCUT2D eigenvalue weighted by Gasteiger charge is -2.07. The minimum Gasteiger partial charge on any atom is -0.414 e. The Morgan fingerprint density at radius 2 is 1.93 bits per heavy atom. The summed E-state index contributed by atoms with van der Waals surface area (Å²) in [6.45, 7) is 3.51. The van der Waals surface area contributed by atoms with Gasteiger partial charge in [-0.25, -0.2) is 4.79 Å². The van der Waals surface area contributed by atoms with Gasteiger partial charge >= 0.3 is 5.43 Å². The maximum atomic E-state index is 10.6. The summed E-state index contributed by atoms with van der Waals surface area (Å²) in [5.41, 5.74) is 1.10. The smallest absolute Gasteiger partial charge is 0.409 e. The number of ether oxygens (including phenoxy) is 1. The van der Waals surface area contributed by atoms with Gasteiger partial charge in [0.25, 0.3) is 0 Å². The molecule has 0 N–H and O–H groups in total. The maximum absolute atomic E-state index is 10.6. The molecule has 0 heterocycles. The van der Waals surface area contributed by atoms with Gasteiger partial charge in [0.1, 0.15) is 5.75 Å². The van der Waals surface area contributed by atoms with Crippen molar-refractivity contribution in [1.29, 1.82) is 5.26 Å². The summed E-state index contributed by atoms with van der Waals surface area (Å²) in [4.78, 5) is 10.6. The predicted octanol–water partition coefficient (Wildman–Crippen LogP) is 2.91. The minimum atomic E-state index is -0.874. The average Bonchev–Trinajstić information content (AvgIpc) is 2.10. The molecular formula is C10H8ClNO2. The van der Waals surface area contributed by atoms with E-state index >= 15 is 0 Å². The van der Waals surface area contributed by atoms with Crippen LogP contribution in [0.15, 0.2) is 12.1 Å². The Labute approximate surface area is 86.9 Å². The van der Waals surface area contributed by atoms with Gasteiger partial charge < -0.3 is 4.74 Å². The molecule has 0 spiro atoms. The lowest BCUT2D eigenvalue weighted by atomic mass is 10.1. The van der Waals surface area contributed by atoms with Gasteiger partial charge in [-0.05, 0) is 37.1 Å². The number of benzene rings is 1. The molecule has 0 saturated carbocycles. The van der Waals surface area contributed by atoms with Crippen molar-refractivity contribution in [3.63, 3.8) is 0 Å². The molecular weight excluding hydrogens is 202 g/mol. The first kappa shape index (κ1) is 10.6. The molecule has 0 aliphatic heterocycles. The molecule has 0 radical (unpaired) electrons. The highest BCUT2D eigenvalue weighted by Gasteiger charge is 2.09. The highest BCUT2D eigenvalue weighted by molar-refractivity contribution is 6.61. The highest BCUT2D eigenvalue weighted by Crippen LogP contribution is 2.25. The molecule has 0 saturated heterocycles. The predicted molar refractivity (Wildman–Crippen MR) is 52.5 cm³/mol. The van der Waals surface area contributed by atoms with Crippen LogP contribution in [0.3, 0.4) is 0 Å². The summed E-state index contributed by atoms with van der Waals surface area (Å²) in [5.74, 6) is 0.420. The Bertz CT molecular complexity index is 398. The molecule has 1 rings (SSSR count). The van der Waals surface area contributed by atoms with Crippen molar-refractivity contribution in [2.45, 2.75) is 13.8 Å². The van der Waals surface area contributed by atoms with Crippen molar-refractivity contribution in [2.24, 2.45) is 0 Å². The van der Waals surface area contributed by atoms with E-state index in [2.05, 4.69) is 0 Å². The van der Waals surface area contributed by atoms with E-state index in [0.717, 1.165) is 11.1 Å². The van der Waals surface area contributed by atoms with Crippen molar-refractivity contribution in [3.8, 4) is 11.8 Å². The van der Waals surface area contributed by atoms with E-state index in [1.54, 1.807) is 26.0 Å². The number of hydrogen-bond acceptors (Lipinski definition) is 3. The molecule has 1 aromatic carbocycles. The van der Waals surface area contributed by atoms with E-state index in [9.17, 15) is 4.79 Å². The van der Waals surface area contributed by atoms with Crippen molar-refractivity contribution in [2.75, 3.05) is 0 Å². The molecule has 0 aromatic heterocycles. The first-order chi connectivity index (χ1) is 6.54. The number of carbonyl (C=O) groups excluding carboxylic acids is 1. The van der Waals surface area contributed by atoms with Crippen LogP contribution in [0.1, 0.15) is 16.7 Å². The van der Waals surface area contributed by atoms with E-state index in [4.69, 9.17) is 21.6 Å². The zero-order valence-electron chi connectivity index (χ0n) is 7.80. The molecule has 0 atom stereocenters. The fourth-order valence-electron chi connectivity index (χ4n) is 1.26. The van der Waals surface area contributed by atoms with Crippen LogP contribution >= 0.6 is 11.6 Å². The molecule has 72 valence electrons. The van der Waals surface area contributed by atoms with E-state index < -0.39 is 5.43 Å². The monoisotopic (exact) mass is 209 g/mol. The molecule has 0 bridgehead atoms. The van der Waals surface area contributed by atoms with Crippen molar-refractivity contribution < 1.29 is 9.53 Å². The van der Waals surface area contributed by atoms with Crippen LogP contribution in [-0.2, 0) is 0 Å². The molecule has 0 aliphatic rings. The van der Waals surface area contributed by atoms with Crippen LogP contribution in [0.4, 0.5) is 4.79 Å². The Balaban J connectivity index is 3.19. The first-order valence-corrected chi connectivity index (χ1v) is 4.31. The van der Waals surface area contributed by atoms with Crippen LogP contribution in [0, 0.1) is 25.2 Å². The van der Waals surface area contributed by atoms with E-state index in [1.165, 1.54) is 0 Å². The summed E-state index contributed by atoms with van der Waals surface area (Å²) in [7, 11) is 0. The number of carbonyl (C=O) groups is 1. The quantitative estimate of drug-likeness (QED) is 0.669. The fourth-order valence-corrected chi connectivity index (χ4v) is 1.33. The third-order valence-corrected chi connectivity index (χ3v) is 1.85. The van der Waals surface area contributed by atoms with Gasteiger partial charge in [-0.2, -0.15) is 5.26 Å². The van der Waals surface area contributed by atoms with Crippen molar-refractivity contribution >= 4 is 17.0 Å². The zero-order valence-corrected chi connectivity index (χ0v) is 8.55. The first-order valence-electron chi connectivity index (χ1n) is 3.93. The average molecular weight is 210 g/mol. The lowest BCUT2D eigenvalue weighted by molar-refractivity contribution is 0.225. The van der Waals surface area contributed by atoms with Crippen LogP contribution in [0.2, 0.25) is 0 Å². The number of nitriles is 1. The van der Waals surface area contributed by atoms with Crippen LogP contribution in [0.5, 0.6) is 5.75 Å². The third kappa shape index (κ3) is 2.24. The third-order valence-electron chi connectivity index (χ3n) is 1.77. The molecule has 3 nitrogen and oxygen atoms in total. The second-order valence-electron chi connectivity index (χ2n) is 2.89. The highest BCUT2D eigenvalue weighted by atomic mass is 35.5. The Hall–Kier alpha value is -1.53. The SMILES string of the molecule is Cc1cc(C#N)cc(C)c1OC(=O)Cl. The van der Waals surface area contributed by atoms with Gasteiger partial charge in [-0.3, -0.25) is 0 Å². The van der Waals surface area contributed by atoms with Gasteiger partial charge in [0.15, 0.2) is 0 Å². The molecule has 0 amide bonds. The van der Waals surface area contributed by atoms with Crippen molar-refractivity contribution in [3.05, 3.63) is 28.8 Å². The number of rotatable bonds is 1. The number of halogens is 1. The fraction of sp³-hybridized carbons (Fsp3) is 0.200. The van der Waals surface area contributed by atoms with E-state index in [0.29, 0.717) is 11.3 Å². The summed E-state index contributed by atoms with van der Waals surface area (Å²) in [5, 5.41) is 8.68. The molecule has 4 heteroatoms. The van der Waals surface area contributed by atoms with Gasteiger partial charge in [0.05, 0.1) is 11.6 Å². The normalized spacial score (nSPS) is 9.29. The van der Waals surface area contributed by atoms with E-state index in [-0.39, 0.29) is 0 Å².